The summed E-state index contributed by atoms with van der Waals surface area (Å²) in [5, 5.41) is 24.6. The minimum atomic E-state index is -4.18. The van der Waals surface area contributed by atoms with E-state index in [0.717, 1.165) is 46.9 Å². The van der Waals surface area contributed by atoms with Gasteiger partial charge in [0.1, 0.15) is 17.7 Å². The van der Waals surface area contributed by atoms with Crippen LogP contribution in [0.4, 0.5) is 5.69 Å². The molecule has 0 unspecified atom stereocenters. The molecule has 10 nitrogen and oxygen atoms in total. The highest BCUT2D eigenvalue weighted by atomic mass is 35.5. The number of aryl methyl sites for hydroxylation is 2. The fourth-order valence-electron chi connectivity index (χ4n) is 4.44. The van der Waals surface area contributed by atoms with Crippen molar-refractivity contribution in [1.29, 1.82) is 10.8 Å². The topological polar surface area (TPSA) is 161 Å². The van der Waals surface area contributed by atoms with Gasteiger partial charge in [-0.05, 0) is 55.7 Å². The maximum atomic E-state index is 13.1. The van der Waals surface area contributed by atoms with Gasteiger partial charge in [0.15, 0.2) is 5.75 Å². The van der Waals surface area contributed by atoms with Crippen LogP contribution >= 0.6 is 24.8 Å². The van der Waals surface area contributed by atoms with Crippen molar-refractivity contribution in [3.63, 3.8) is 0 Å². The molecule has 2 aromatic carbocycles. The zero-order valence-electron chi connectivity index (χ0n) is 22.7. The molecule has 0 spiro atoms. The Labute approximate surface area is 248 Å². The number of carboxylic acid groups (broad SMARTS) is 1. The third kappa shape index (κ3) is 9.14. The van der Waals surface area contributed by atoms with E-state index >= 15 is 0 Å². The number of halogens is 2. The Morgan fingerprint density at radius 3 is 2.27 bits per heavy atom. The molecular formula is C27H37Cl2N5O5S. The average molecular weight is 615 g/mol. The zero-order chi connectivity index (χ0) is 28.0. The summed E-state index contributed by atoms with van der Waals surface area (Å²) in [4.78, 5) is 13.3. The monoisotopic (exact) mass is 613 g/mol. The van der Waals surface area contributed by atoms with E-state index in [4.69, 9.17) is 21.3 Å². The van der Waals surface area contributed by atoms with Crippen LogP contribution in [-0.2, 0) is 14.8 Å². The van der Waals surface area contributed by atoms with E-state index in [2.05, 4.69) is 0 Å². The van der Waals surface area contributed by atoms with Gasteiger partial charge in [0.05, 0.1) is 18.1 Å². The Hall–Kier alpha value is -3.28. The van der Waals surface area contributed by atoms with Crippen molar-refractivity contribution < 1.29 is 23.1 Å². The van der Waals surface area contributed by atoms with Crippen molar-refractivity contribution >= 4 is 64.2 Å². The Kier molecular flexibility index (Phi) is 13.0. The third-order valence-corrected chi connectivity index (χ3v) is 8.00. The van der Waals surface area contributed by atoms with Gasteiger partial charge in [-0.25, -0.2) is 8.42 Å². The fraction of sp³-hybridized carbons (Fsp3) is 0.370. The molecule has 0 aliphatic carbocycles. The van der Waals surface area contributed by atoms with Crippen LogP contribution in [0.25, 0.3) is 6.08 Å². The lowest BCUT2D eigenvalue weighted by Crippen LogP contribution is -2.40. The molecule has 0 atom stereocenters. The van der Waals surface area contributed by atoms with Crippen LogP contribution in [0, 0.1) is 24.7 Å². The normalized spacial score (nSPS) is 13.7. The average Bonchev–Trinajstić information content (AvgIpc) is 2.83. The molecule has 0 amide bonds. The number of rotatable bonds is 10. The van der Waals surface area contributed by atoms with Crippen LogP contribution in [0.5, 0.6) is 5.75 Å². The van der Waals surface area contributed by atoms with Crippen LogP contribution in [-0.4, -0.2) is 67.6 Å². The molecule has 5 N–H and O–H groups in total. The van der Waals surface area contributed by atoms with Crippen molar-refractivity contribution in [2.75, 3.05) is 29.7 Å². The number of anilines is 1. The Balaban J connectivity index is 0.00000400. The molecule has 1 fully saturated rings. The number of hydrogen-bond acceptors (Lipinski definition) is 6. The van der Waals surface area contributed by atoms with E-state index in [1.54, 1.807) is 55.5 Å². The van der Waals surface area contributed by atoms with E-state index < -0.39 is 21.7 Å². The molecule has 0 saturated carbocycles. The highest BCUT2D eigenvalue weighted by Crippen LogP contribution is 2.32. The smallest absolute Gasteiger partial charge is 0.320 e. The molecular weight excluding hydrogens is 577 g/mol. The summed E-state index contributed by atoms with van der Waals surface area (Å²) in [6.07, 6.45) is 4.90. The third-order valence-electron chi connectivity index (χ3n) is 6.35. The number of carbonyl (C=O) groups is 1. The number of amidine groups is 2. The van der Waals surface area contributed by atoms with Crippen LogP contribution in [0.1, 0.15) is 42.0 Å². The first-order chi connectivity index (χ1) is 17.9. The van der Waals surface area contributed by atoms with Gasteiger partial charge in [-0.1, -0.05) is 30.4 Å². The molecule has 3 rings (SSSR count). The molecule has 1 heterocycles. The number of carboxylic acids is 1. The molecule has 0 bridgehead atoms. The van der Waals surface area contributed by atoms with Gasteiger partial charge in [0, 0.05) is 31.5 Å². The number of ether oxygens (including phenoxy) is 1. The second-order valence-corrected chi connectivity index (χ2v) is 11.3. The Bertz CT molecular complexity index is 1340. The molecule has 1 saturated heterocycles. The lowest BCUT2D eigenvalue weighted by Gasteiger charge is -2.33. The molecule has 1 aliphatic rings. The fourth-order valence-corrected chi connectivity index (χ4v) is 5.65. The Morgan fingerprint density at radius 1 is 1.15 bits per heavy atom. The van der Waals surface area contributed by atoms with E-state index in [9.17, 15) is 18.3 Å². The molecule has 0 aromatic heterocycles. The first kappa shape index (κ1) is 34.7. The van der Waals surface area contributed by atoms with E-state index in [-0.39, 0.29) is 43.3 Å². The molecule has 13 heteroatoms. The van der Waals surface area contributed by atoms with Gasteiger partial charge in [-0.3, -0.25) is 19.9 Å². The summed E-state index contributed by atoms with van der Waals surface area (Å²) in [6, 6.07) is 10.4. The highest BCUT2D eigenvalue weighted by Gasteiger charge is 2.27. The quantitative estimate of drug-likeness (QED) is 0.230. The van der Waals surface area contributed by atoms with Crippen LogP contribution < -0.4 is 14.8 Å². The first-order valence-electron chi connectivity index (χ1n) is 12.3. The largest absolute Gasteiger partial charge is 0.490 e. The van der Waals surface area contributed by atoms with Gasteiger partial charge < -0.3 is 20.5 Å². The van der Waals surface area contributed by atoms with Gasteiger partial charge in [-0.2, -0.15) is 0 Å². The number of nitrogen functional groups attached to an aromatic ring is 1. The van der Waals surface area contributed by atoms with Crippen molar-refractivity contribution in [2.45, 2.75) is 39.7 Å². The van der Waals surface area contributed by atoms with Crippen LogP contribution in [0.3, 0.4) is 0 Å². The number of benzene rings is 2. The predicted octanol–water partition coefficient (Wildman–Crippen LogP) is 4.21. The first-order valence-corrected chi connectivity index (χ1v) is 13.9. The lowest BCUT2D eigenvalue weighted by atomic mass is 10.1. The SMILES string of the molecule is CC(=N)N1CCC(Oc2c(C)cc(N(C/C=C/c3cccc(C(=N)N)c3)S(=O)(=O)CC(=O)O)cc2C)CC1.Cl.Cl. The zero-order valence-corrected chi connectivity index (χ0v) is 25.2. The van der Waals surface area contributed by atoms with Gasteiger partial charge in [0.2, 0.25) is 10.0 Å². The summed E-state index contributed by atoms with van der Waals surface area (Å²) in [5.74, 6) is -1.32. The number of aliphatic carboxylic acids is 1. The standard InChI is InChI=1S/C27H35N5O5S.2ClH/c1-18-14-23(15-19(2)26(18)37-24-9-12-31(13-10-24)20(3)28)32(38(35,36)17-25(33)34)11-5-7-21-6-4-8-22(16-21)27(29)30;;/h4-8,14-16,24,28H,9-13,17H2,1-3H3,(H3,29,30)(H,33,34);2*1H/b7-5+,28-20?;;. The van der Waals surface area contributed by atoms with Gasteiger partial charge >= 0.3 is 5.97 Å². The van der Waals surface area contributed by atoms with Crippen molar-refractivity contribution in [3.05, 3.63) is 64.7 Å². The second kappa shape index (κ2) is 14.9. The maximum Gasteiger partial charge on any atom is 0.320 e. The van der Waals surface area contributed by atoms with Crippen molar-refractivity contribution in [3.8, 4) is 5.75 Å². The highest BCUT2D eigenvalue weighted by molar-refractivity contribution is 7.93. The second-order valence-electron chi connectivity index (χ2n) is 9.42. The number of nitrogens with one attached hydrogen (secondary N) is 2. The van der Waals surface area contributed by atoms with E-state index in [1.807, 2.05) is 18.7 Å². The molecule has 0 radical (unpaired) electrons. The maximum absolute atomic E-state index is 13.1. The van der Waals surface area contributed by atoms with Gasteiger partial charge in [0.25, 0.3) is 0 Å². The number of nitrogens with two attached hydrogens (primary N) is 1. The van der Waals surface area contributed by atoms with Crippen LogP contribution in [0.15, 0.2) is 42.5 Å². The molecule has 40 heavy (non-hydrogen) atoms. The minimum Gasteiger partial charge on any atom is -0.490 e. The van der Waals surface area contributed by atoms with Crippen LogP contribution in [0.2, 0.25) is 0 Å². The van der Waals surface area contributed by atoms with E-state index in [0.29, 0.717) is 22.8 Å². The number of piperidine rings is 1. The summed E-state index contributed by atoms with van der Waals surface area (Å²) in [7, 11) is -4.18. The van der Waals surface area contributed by atoms with Crippen molar-refractivity contribution in [2.24, 2.45) is 5.73 Å². The molecule has 220 valence electrons. The van der Waals surface area contributed by atoms with Gasteiger partial charge in [-0.15, -0.1) is 24.8 Å². The summed E-state index contributed by atoms with van der Waals surface area (Å²) >= 11 is 0. The molecule has 1 aliphatic heterocycles. The molecule has 2 aromatic rings. The predicted molar refractivity (Wildman–Crippen MR) is 164 cm³/mol. The summed E-state index contributed by atoms with van der Waals surface area (Å²) in [5.41, 5.74) is 8.68. The number of likely N-dealkylation sites (tertiary alicyclic amines) is 1. The number of hydrogen-bond donors (Lipinski definition) is 4. The Morgan fingerprint density at radius 2 is 1.75 bits per heavy atom. The number of sulfonamides is 1. The number of nitrogens with zero attached hydrogens (tertiary/aromatic N) is 2. The summed E-state index contributed by atoms with van der Waals surface area (Å²) in [6.45, 7) is 6.87. The summed E-state index contributed by atoms with van der Waals surface area (Å²) < 4.78 is 33.5. The lowest BCUT2D eigenvalue weighted by molar-refractivity contribution is -0.134. The van der Waals surface area contributed by atoms with E-state index in [1.165, 1.54) is 0 Å². The van der Waals surface area contributed by atoms with Crippen molar-refractivity contribution in [1.82, 2.24) is 4.90 Å². The minimum absolute atomic E-state index is 0.